The summed E-state index contributed by atoms with van der Waals surface area (Å²) in [5.74, 6) is -1.97. The molecule has 0 fully saturated rings. The minimum absolute atomic E-state index is 0. The summed E-state index contributed by atoms with van der Waals surface area (Å²) in [6, 6.07) is 16.2. The Bertz CT molecular complexity index is 645. The molecule has 29 heavy (non-hydrogen) atoms. The van der Waals surface area contributed by atoms with Crippen LogP contribution in [0.15, 0.2) is 48.5 Å². The van der Waals surface area contributed by atoms with E-state index in [1.807, 2.05) is 24.3 Å². The van der Waals surface area contributed by atoms with Gasteiger partial charge in [0.1, 0.15) is 0 Å². The molecule has 0 spiro atoms. The van der Waals surface area contributed by atoms with Crippen molar-refractivity contribution in [3.63, 3.8) is 0 Å². The van der Waals surface area contributed by atoms with E-state index in [4.69, 9.17) is 0 Å². The van der Waals surface area contributed by atoms with Crippen LogP contribution < -0.4 is 10.2 Å². The molecule has 0 N–H and O–H groups in total. The number of rotatable bonds is 10. The molecule has 0 saturated carbocycles. The first kappa shape index (κ1) is 27.1. The maximum absolute atomic E-state index is 10.2. The van der Waals surface area contributed by atoms with Gasteiger partial charge in [-0.05, 0) is 60.8 Å². The Hall–Kier alpha value is -1.85. The molecule has 2 aromatic carbocycles. The van der Waals surface area contributed by atoms with E-state index in [2.05, 4.69) is 38.1 Å². The fourth-order valence-electron chi connectivity index (χ4n) is 2.82. The molecule has 0 radical (unpaired) electrons. The number of aryl methyl sites for hydroxylation is 4. The van der Waals surface area contributed by atoms with Crippen molar-refractivity contribution >= 4 is 35.0 Å². The Balaban J connectivity index is 0.000000523. The summed E-state index contributed by atoms with van der Waals surface area (Å²) >= 11 is 0. The van der Waals surface area contributed by atoms with Gasteiger partial charge in [0.2, 0.25) is 0 Å². The molecule has 2 rings (SSSR count). The van der Waals surface area contributed by atoms with Gasteiger partial charge in [0.15, 0.2) is 0 Å². The van der Waals surface area contributed by atoms with E-state index in [-0.39, 0.29) is 35.9 Å². The van der Waals surface area contributed by atoms with Gasteiger partial charge in [-0.1, -0.05) is 75.2 Å². The van der Waals surface area contributed by atoms with Crippen molar-refractivity contribution in [2.24, 2.45) is 0 Å². The van der Waals surface area contributed by atoms with E-state index in [1.54, 1.807) is 0 Å². The Morgan fingerprint density at radius 3 is 1.03 bits per heavy atom. The first-order valence-corrected chi connectivity index (χ1v) is 9.99. The molecule has 0 amide bonds. The number of carboxylic acid groups (broad SMARTS) is 2. The van der Waals surface area contributed by atoms with E-state index in [1.165, 1.54) is 11.1 Å². The average molecular weight is 407 g/mol. The zero-order chi connectivity index (χ0) is 20.8. The summed E-state index contributed by atoms with van der Waals surface area (Å²) in [4.78, 5) is 20.5. The second kappa shape index (κ2) is 16.0. The third-order valence-corrected chi connectivity index (χ3v) is 4.36. The van der Waals surface area contributed by atoms with Crippen molar-refractivity contribution in [3.05, 3.63) is 70.8 Å². The van der Waals surface area contributed by atoms with Crippen LogP contribution in [0.25, 0.3) is 0 Å². The van der Waals surface area contributed by atoms with Gasteiger partial charge in [-0.3, -0.25) is 0 Å². The summed E-state index contributed by atoms with van der Waals surface area (Å²) < 4.78 is 0. The monoisotopic (exact) mass is 406 g/mol. The van der Waals surface area contributed by atoms with Crippen molar-refractivity contribution in [1.82, 2.24) is 0 Å². The Labute approximate surface area is 190 Å². The Kier molecular flexibility index (Phi) is 15.0. The largest absolute Gasteiger partial charge is 2.00 e. The quantitative estimate of drug-likeness (QED) is 0.567. The van der Waals surface area contributed by atoms with Crippen LogP contribution in [-0.4, -0.2) is 35.0 Å². The number of benzene rings is 2. The first-order valence-electron chi connectivity index (χ1n) is 9.99. The molecule has 152 valence electrons. The van der Waals surface area contributed by atoms with Crippen LogP contribution in [0.5, 0.6) is 0 Å². The van der Waals surface area contributed by atoms with E-state index < -0.39 is 11.9 Å². The Morgan fingerprint density at radius 1 is 0.586 bits per heavy atom. The van der Waals surface area contributed by atoms with Gasteiger partial charge >= 0.3 is 23.1 Å². The van der Waals surface area contributed by atoms with Gasteiger partial charge in [0.05, 0.1) is 0 Å². The van der Waals surface area contributed by atoms with Crippen molar-refractivity contribution in [2.75, 3.05) is 0 Å². The maximum atomic E-state index is 10.2. The molecule has 0 heterocycles. The van der Waals surface area contributed by atoms with E-state index in [0.717, 1.165) is 36.8 Å². The van der Waals surface area contributed by atoms with Crippen LogP contribution in [0, 0.1) is 0 Å². The van der Waals surface area contributed by atoms with Crippen LogP contribution in [-0.2, 0) is 35.3 Å². The number of carbonyl (C=O) groups excluding carboxylic acids is 2. The molecule has 0 saturated heterocycles. The van der Waals surface area contributed by atoms with Crippen molar-refractivity contribution in [1.29, 1.82) is 0 Å². The summed E-state index contributed by atoms with van der Waals surface area (Å²) in [6.07, 6.45) is 5.78. The number of carbonyl (C=O) groups is 2. The minimum Gasteiger partial charge on any atom is -0.550 e. The number of hydrogen-bond donors (Lipinski definition) is 0. The van der Waals surface area contributed by atoms with Gasteiger partial charge in [-0.15, -0.1) is 0 Å². The predicted molar refractivity (Wildman–Crippen MR) is 113 cm³/mol. The molecule has 0 aliphatic heterocycles. The first-order chi connectivity index (χ1) is 13.4. The van der Waals surface area contributed by atoms with Gasteiger partial charge in [0, 0.05) is 11.9 Å². The van der Waals surface area contributed by atoms with E-state index in [9.17, 15) is 19.8 Å². The van der Waals surface area contributed by atoms with E-state index >= 15 is 0 Å². The zero-order valence-electron chi connectivity index (χ0n) is 17.6. The van der Waals surface area contributed by atoms with E-state index in [0.29, 0.717) is 12.8 Å². The second-order valence-electron chi connectivity index (χ2n) is 6.88. The zero-order valence-corrected chi connectivity index (χ0v) is 19.0. The third-order valence-electron chi connectivity index (χ3n) is 4.36. The average Bonchev–Trinajstić information content (AvgIpc) is 2.68. The fraction of sp³-hybridized carbons (Fsp3) is 0.417. The number of aliphatic carboxylic acids is 2. The molecule has 2 aromatic rings. The van der Waals surface area contributed by atoms with Gasteiger partial charge in [0.25, 0.3) is 0 Å². The molecular formula is C24H30MgO4. The molecule has 0 unspecified atom stereocenters. The molecule has 0 bridgehead atoms. The topological polar surface area (TPSA) is 80.3 Å². The van der Waals surface area contributed by atoms with Gasteiger partial charge < -0.3 is 19.8 Å². The van der Waals surface area contributed by atoms with Crippen LogP contribution in [0.2, 0.25) is 0 Å². The van der Waals surface area contributed by atoms with Gasteiger partial charge in [-0.25, -0.2) is 0 Å². The fourth-order valence-corrected chi connectivity index (χ4v) is 2.82. The Morgan fingerprint density at radius 2 is 0.828 bits per heavy atom. The summed E-state index contributed by atoms with van der Waals surface area (Å²) in [5, 5.41) is 20.5. The van der Waals surface area contributed by atoms with Crippen LogP contribution >= 0.6 is 0 Å². The summed E-state index contributed by atoms with van der Waals surface area (Å²) in [6.45, 7) is 4.29. The molecule has 5 heteroatoms. The van der Waals surface area contributed by atoms with Gasteiger partial charge in [-0.2, -0.15) is 0 Å². The minimum atomic E-state index is -0.984. The smallest absolute Gasteiger partial charge is 0.550 e. The van der Waals surface area contributed by atoms with Crippen molar-refractivity contribution < 1.29 is 19.8 Å². The van der Waals surface area contributed by atoms with Crippen LogP contribution in [0.3, 0.4) is 0 Å². The van der Waals surface area contributed by atoms with Crippen molar-refractivity contribution in [3.8, 4) is 0 Å². The molecular weight excluding hydrogens is 377 g/mol. The molecule has 0 aliphatic rings. The standard InChI is InChI=1S/2C12H16O2.Mg/c2*1-2-3-10-4-6-11(7-5-10)8-9-12(13)14;/h2*4-7H,2-3,8-9H2,1H3,(H,13,14);/q;;+2/p-2. The summed E-state index contributed by atoms with van der Waals surface area (Å²) in [5.41, 5.74) is 4.75. The predicted octanol–water partition coefficient (Wildman–Crippen LogP) is 2.26. The molecule has 0 aliphatic carbocycles. The molecule has 0 aromatic heterocycles. The third kappa shape index (κ3) is 13.1. The second-order valence-corrected chi connectivity index (χ2v) is 6.88. The SMILES string of the molecule is CCCc1ccc(CCC(=O)[O-])cc1.CCCc1ccc(CCC(=O)[O-])cc1.[Mg+2]. The normalized spacial score (nSPS) is 9.72. The van der Waals surface area contributed by atoms with Crippen molar-refractivity contribution in [2.45, 2.75) is 65.2 Å². The summed E-state index contributed by atoms with van der Waals surface area (Å²) in [7, 11) is 0. The number of hydrogen-bond acceptors (Lipinski definition) is 4. The molecule has 0 atom stereocenters. The van der Waals surface area contributed by atoms with Crippen LogP contribution in [0.1, 0.15) is 61.8 Å². The van der Waals surface area contributed by atoms with Crippen LogP contribution in [0.4, 0.5) is 0 Å². The molecule has 4 nitrogen and oxygen atoms in total. The maximum Gasteiger partial charge on any atom is 2.00 e. The number of carboxylic acids is 2.